The number of benzene rings is 1. The van der Waals surface area contributed by atoms with Crippen molar-refractivity contribution in [1.29, 1.82) is 0 Å². The van der Waals surface area contributed by atoms with Crippen molar-refractivity contribution in [2.75, 3.05) is 6.54 Å². The van der Waals surface area contributed by atoms with Crippen LogP contribution in [0.4, 0.5) is 4.79 Å². The lowest BCUT2D eigenvalue weighted by Gasteiger charge is -2.24. The lowest BCUT2D eigenvalue weighted by atomic mass is 10.1. The van der Waals surface area contributed by atoms with Gasteiger partial charge in [0.05, 0.1) is 12.6 Å². The lowest BCUT2D eigenvalue weighted by Crippen LogP contribution is -2.47. The first-order valence-electron chi connectivity index (χ1n) is 7.83. The van der Waals surface area contributed by atoms with E-state index in [-0.39, 0.29) is 12.1 Å². The number of nitrogens with zero attached hydrogens (tertiary/aromatic N) is 3. The van der Waals surface area contributed by atoms with Gasteiger partial charge in [-0.05, 0) is 18.6 Å². The summed E-state index contributed by atoms with van der Waals surface area (Å²) in [6, 6.07) is 10.2. The summed E-state index contributed by atoms with van der Waals surface area (Å²) in [6.45, 7) is 3.43. The van der Waals surface area contributed by atoms with Gasteiger partial charge in [-0.3, -0.25) is 0 Å². The predicted molar refractivity (Wildman–Crippen MR) is 90.4 cm³/mol. The van der Waals surface area contributed by atoms with Crippen LogP contribution in [0.1, 0.15) is 19.2 Å². The summed E-state index contributed by atoms with van der Waals surface area (Å²) in [5.74, 6) is 0.997. The topological polar surface area (TPSA) is 71.8 Å². The third kappa shape index (κ3) is 4.48. The fraction of sp³-hybridized carbons (Fsp3) is 0.438. The van der Waals surface area contributed by atoms with Crippen LogP contribution in [0.25, 0.3) is 0 Å². The Bertz CT molecular complexity index is 645. The van der Waals surface area contributed by atoms with E-state index < -0.39 is 0 Å². The van der Waals surface area contributed by atoms with E-state index in [2.05, 4.69) is 39.8 Å². The Hall–Kier alpha value is -2.02. The fourth-order valence-corrected chi connectivity index (χ4v) is 3.55. The molecule has 2 N–H and O–H groups in total. The first kappa shape index (κ1) is 15.9. The molecule has 7 heteroatoms. The molecule has 0 aliphatic carbocycles. The summed E-state index contributed by atoms with van der Waals surface area (Å²) in [5, 5.41) is 10.5. The van der Waals surface area contributed by atoms with E-state index in [1.54, 1.807) is 18.1 Å². The van der Waals surface area contributed by atoms with E-state index in [1.165, 1.54) is 4.90 Å². The van der Waals surface area contributed by atoms with Gasteiger partial charge in [0.2, 0.25) is 0 Å². The van der Waals surface area contributed by atoms with Gasteiger partial charge in [0.25, 0.3) is 0 Å². The van der Waals surface area contributed by atoms with Crippen molar-refractivity contribution in [2.24, 2.45) is 0 Å². The molecule has 1 aliphatic heterocycles. The van der Waals surface area contributed by atoms with Gasteiger partial charge in [-0.15, -0.1) is 11.8 Å². The number of amides is 2. The average Bonchev–Trinajstić information content (AvgIpc) is 3.01. The van der Waals surface area contributed by atoms with Gasteiger partial charge in [-0.25, -0.2) is 14.5 Å². The van der Waals surface area contributed by atoms with E-state index in [4.69, 9.17) is 0 Å². The number of fused-ring (bicyclic) bond motifs is 1. The number of nitrogens with one attached hydrogen (secondary N) is 2. The fourth-order valence-electron chi connectivity index (χ4n) is 2.60. The van der Waals surface area contributed by atoms with Crippen molar-refractivity contribution < 1.29 is 4.79 Å². The summed E-state index contributed by atoms with van der Waals surface area (Å²) >= 11 is 1.76. The van der Waals surface area contributed by atoms with Gasteiger partial charge >= 0.3 is 6.03 Å². The Balaban J connectivity index is 1.40. The van der Waals surface area contributed by atoms with Gasteiger partial charge in [0.15, 0.2) is 0 Å². The van der Waals surface area contributed by atoms with E-state index >= 15 is 0 Å². The molecule has 1 aromatic carbocycles. The maximum Gasteiger partial charge on any atom is 0.315 e. The Morgan fingerprint density at radius 2 is 2.26 bits per heavy atom. The van der Waals surface area contributed by atoms with Crippen LogP contribution in [0.2, 0.25) is 0 Å². The maximum absolute atomic E-state index is 12.0. The number of urea groups is 1. The Kier molecular flexibility index (Phi) is 5.17. The molecular formula is C16H21N5OS. The monoisotopic (exact) mass is 331 g/mol. The van der Waals surface area contributed by atoms with Crippen molar-refractivity contribution in [3.8, 4) is 0 Å². The molecular weight excluding hydrogens is 310 g/mol. The van der Waals surface area contributed by atoms with Crippen LogP contribution in [-0.4, -0.2) is 38.6 Å². The molecule has 0 saturated heterocycles. The smallest absolute Gasteiger partial charge is 0.315 e. The van der Waals surface area contributed by atoms with Gasteiger partial charge in [-0.1, -0.05) is 25.1 Å². The summed E-state index contributed by atoms with van der Waals surface area (Å²) in [5.41, 5.74) is 0. The predicted octanol–water partition coefficient (Wildman–Crippen LogP) is 2.07. The highest BCUT2D eigenvalue weighted by Crippen LogP contribution is 2.21. The zero-order valence-corrected chi connectivity index (χ0v) is 13.9. The van der Waals surface area contributed by atoms with Crippen molar-refractivity contribution >= 4 is 17.8 Å². The van der Waals surface area contributed by atoms with Crippen molar-refractivity contribution in [2.45, 2.75) is 42.5 Å². The first-order chi connectivity index (χ1) is 11.2. The minimum atomic E-state index is -0.112. The zero-order valence-electron chi connectivity index (χ0n) is 13.1. The third-order valence-corrected chi connectivity index (χ3v) is 4.88. The lowest BCUT2D eigenvalue weighted by molar-refractivity contribution is 0.232. The second-order valence-corrected chi connectivity index (χ2v) is 7.20. The van der Waals surface area contributed by atoms with Crippen LogP contribution >= 0.6 is 11.8 Å². The number of carbonyl (C=O) groups excluding carboxylic acids is 1. The molecule has 6 nitrogen and oxygen atoms in total. The summed E-state index contributed by atoms with van der Waals surface area (Å²) in [7, 11) is 0. The molecule has 2 atom stereocenters. The van der Waals surface area contributed by atoms with Gasteiger partial charge < -0.3 is 10.6 Å². The van der Waals surface area contributed by atoms with E-state index in [9.17, 15) is 4.79 Å². The van der Waals surface area contributed by atoms with Crippen LogP contribution in [0, 0.1) is 0 Å². The highest BCUT2D eigenvalue weighted by Gasteiger charge is 2.21. The first-order valence-corrected chi connectivity index (χ1v) is 8.71. The standard InChI is InChI=1S/C16H21N5OS/c1-12(23-14-5-3-2-4-6-14)9-17-16(22)20-13-7-8-15-18-11-19-21(15)10-13/h2-6,11-13H,7-10H2,1H3,(H2,17,20,22)/t12-,13-/m0/s1. The molecule has 122 valence electrons. The van der Waals surface area contributed by atoms with Crippen LogP contribution in [0.3, 0.4) is 0 Å². The van der Waals surface area contributed by atoms with E-state index in [0.717, 1.165) is 18.7 Å². The number of hydrogen-bond acceptors (Lipinski definition) is 4. The highest BCUT2D eigenvalue weighted by atomic mass is 32.2. The molecule has 0 spiro atoms. The van der Waals surface area contributed by atoms with Crippen LogP contribution in [0.5, 0.6) is 0 Å². The van der Waals surface area contributed by atoms with Gasteiger partial charge in [-0.2, -0.15) is 5.10 Å². The largest absolute Gasteiger partial charge is 0.337 e. The van der Waals surface area contributed by atoms with Crippen molar-refractivity contribution in [3.63, 3.8) is 0 Å². The second kappa shape index (κ2) is 7.50. The molecule has 3 rings (SSSR count). The minimum absolute atomic E-state index is 0.112. The molecule has 1 aliphatic rings. The summed E-state index contributed by atoms with van der Waals surface area (Å²) < 4.78 is 1.86. The number of hydrogen-bond donors (Lipinski definition) is 2. The SMILES string of the molecule is C[C@@H](CNC(=O)N[C@H]1CCc2ncnn2C1)Sc1ccccc1. The molecule has 1 aromatic heterocycles. The molecule has 2 heterocycles. The molecule has 2 amide bonds. The van der Waals surface area contributed by atoms with Gasteiger partial charge in [0, 0.05) is 23.1 Å². The average molecular weight is 331 g/mol. The second-order valence-electron chi connectivity index (χ2n) is 5.69. The minimum Gasteiger partial charge on any atom is -0.337 e. The third-order valence-electron chi connectivity index (χ3n) is 3.77. The van der Waals surface area contributed by atoms with Gasteiger partial charge in [0.1, 0.15) is 12.2 Å². The van der Waals surface area contributed by atoms with Crippen molar-refractivity contribution in [3.05, 3.63) is 42.5 Å². The Morgan fingerprint density at radius 1 is 1.43 bits per heavy atom. The zero-order chi connectivity index (χ0) is 16.1. The van der Waals surface area contributed by atoms with Crippen LogP contribution in [0.15, 0.2) is 41.6 Å². The molecule has 0 bridgehead atoms. The van der Waals surface area contributed by atoms with E-state index in [0.29, 0.717) is 18.3 Å². The molecule has 0 fully saturated rings. The number of rotatable bonds is 5. The number of aromatic nitrogens is 3. The number of carbonyl (C=O) groups is 1. The highest BCUT2D eigenvalue weighted by molar-refractivity contribution is 8.00. The van der Waals surface area contributed by atoms with Crippen LogP contribution in [-0.2, 0) is 13.0 Å². The normalized spacial score (nSPS) is 18.0. The van der Waals surface area contributed by atoms with Crippen LogP contribution < -0.4 is 10.6 Å². The molecule has 0 unspecified atom stereocenters. The number of thioether (sulfide) groups is 1. The quantitative estimate of drug-likeness (QED) is 0.823. The Morgan fingerprint density at radius 3 is 3.09 bits per heavy atom. The van der Waals surface area contributed by atoms with Crippen molar-refractivity contribution in [1.82, 2.24) is 25.4 Å². The molecule has 23 heavy (non-hydrogen) atoms. The number of aryl methyl sites for hydroxylation is 1. The van der Waals surface area contributed by atoms with E-state index in [1.807, 2.05) is 22.9 Å². The Labute approximate surface area is 140 Å². The molecule has 2 aromatic rings. The summed E-state index contributed by atoms with van der Waals surface area (Å²) in [6.07, 6.45) is 3.33. The maximum atomic E-state index is 12.0. The summed E-state index contributed by atoms with van der Waals surface area (Å²) in [4.78, 5) is 17.4. The molecule has 0 radical (unpaired) electrons. The molecule has 0 saturated carbocycles.